The van der Waals surface area contributed by atoms with E-state index in [1.54, 1.807) is 37.4 Å². The standard InChI is InChI=1S/C26H30N2O7/c1-16-14-18(5-7-20(16)33-2)24(30)22-23(17-4-6-19(29)21(15-17)34-3)28(26(32)25(22)31)9-8-27-10-12-35-13-11-27/h4-7,14-15,23,29-30H,8-13H2,1-3H3. The Bertz CT molecular complexity index is 1150. The van der Waals surface area contributed by atoms with Gasteiger partial charge in [0, 0.05) is 31.7 Å². The molecular weight excluding hydrogens is 452 g/mol. The van der Waals surface area contributed by atoms with E-state index in [0.29, 0.717) is 36.6 Å². The van der Waals surface area contributed by atoms with Crippen molar-refractivity contribution in [3.05, 3.63) is 58.7 Å². The SMILES string of the molecule is COc1ccc(C(O)=C2C(=O)C(=O)N(CCN3CCOCC3)C2c2ccc(O)c(OC)c2)cc1C. The van der Waals surface area contributed by atoms with Gasteiger partial charge in [0.2, 0.25) is 0 Å². The number of Topliss-reactive ketones (excluding diaryl/α,β-unsaturated/α-hetero) is 1. The van der Waals surface area contributed by atoms with Crippen LogP contribution in [-0.4, -0.2) is 85.3 Å². The number of carbonyl (C=O) groups excluding carboxylic acids is 2. The summed E-state index contributed by atoms with van der Waals surface area (Å²) in [6, 6.07) is 8.89. The number of aliphatic hydroxyl groups excluding tert-OH is 1. The molecule has 2 aliphatic heterocycles. The number of hydrogen-bond donors (Lipinski definition) is 2. The maximum absolute atomic E-state index is 13.2. The molecule has 0 radical (unpaired) electrons. The number of phenolic OH excluding ortho intramolecular Hbond substituents is 1. The Labute approximate surface area is 204 Å². The number of hydrogen-bond acceptors (Lipinski definition) is 8. The summed E-state index contributed by atoms with van der Waals surface area (Å²) < 4.78 is 16.0. The van der Waals surface area contributed by atoms with Gasteiger partial charge in [-0.05, 0) is 48.4 Å². The highest BCUT2D eigenvalue weighted by Gasteiger charge is 2.46. The van der Waals surface area contributed by atoms with Gasteiger partial charge in [-0.3, -0.25) is 14.5 Å². The fourth-order valence-electron chi connectivity index (χ4n) is 4.58. The van der Waals surface area contributed by atoms with Crippen LogP contribution in [0.5, 0.6) is 17.2 Å². The largest absolute Gasteiger partial charge is 0.507 e. The number of aromatic hydroxyl groups is 1. The molecule has 0 saturated carbocycles. The van der Waals surface area contributed by atoms with Crippen molar-refractivity contribution in [3.8, 4) is 17.2 Å². The van der Waals surface area contributed by atoms with E-state index >= 15 is 0 Å². The second-order valence-corrected chi connectivity index (χ2v) is 8.56. The Morgan fingerprint density at radius 3 is 2.40 bits per heavy atom. The fraction of sp³-hybridized carbons (Fsp3) is 0.385. The molecule has 1 atom stereocenters. The van der Waals surface area contributed by atoms with Gasteiger partial charge in [-0.15, -0.1) is 0 Å². The van der Waals surface area contributed by atoms with E-state index in [-0.39, 0.29) is 29.4 Å². The van der Waals surface area contributed by atoms with Gasteiger partial charge in [-0.2, -0.15) is 0 Å². The van der Waals surface area contributed by atoms with Crippen molar-refractivity contribution in [1.29, 1.82) is 0 Å². The molecule has 2 fully saturated rings. The number of carbonyl (C=O) groups is 2. The predicted molar refractivity (Wildman–Crippen MR) is 129 cm³/mol. The maximum Gasteiger partial charge on any atom is 0.295 e. The number of rotatable bonds is 7. The minimum absolute atomic E-state index is 0.00529. The van der Waals surface area contributed by atoms with Gasteiger partial charge < -0.3 is 29.3 Å². The number of ether oxygens (including phenoxy) is 3. The summed E-state index contributed by atoms with van der Waals surface area (Å²) >= 11 is 0. The Kier molecular flexibility index (Phi) is 7.28. The number of benzene rings is 2. The molecule has 2 heterocycles. The van der Waals surface area contributed by atoms with Crippen LogP contribution in [0.25, 0.3) is 5.76 Å². The van der Waals surface area contributed by atoms with Gasteiger partial charge in [0.25, 0.3) is 11.7 Å². The fourth-order valence-corrected chi connectivity index (χ4v) is 4.58. The summed E-state index contributed by atoms with van der Waals surface area (Å²) in [4.78, 5) is 30.1. The summed E-state index contributed by atoms with van der Waals surface area (Å²) in [7, 11) is 2.98. The first kappa shape index (κ1) is 24.6. The smallest absolute Gasteiger partial charge is 0.295 e. The lowest BCUT2D eigenvalue weighted by Crippen LogP contribution is -2.42. The first-order chi connectivity index (χ1) is 16.8. The number of phenols is 1. The van der Waals surface area contributed by atoms with E-state index in [1.165, 1.54) is 18.1 Å². The summed E-state index contributed by atoms with van der Waals surface area (Å²) in [5.41, 5.74) is 1.73. The number of amides is 1. The Morgan fingerprint density at radius 2 is 1.74 bits per heavy atom. The number of aryl methyl sites for hydroxylation is 1. The third-order valence-corrected chi connectivity index (χ3v) is 6.49. The summed E-state index contributed by atoms with van der Waals surface area (Å²) in [5.74, 6) is -0.904. The van der Waals surface area contributed by atoms with E-state index in [2.05, 4.69) is 4.90 Å². The van der Waals surface area contributed by atoms with E-state index in [0.717, 1.165) is 18.7 Å². The average molecular weight is 483 g/mol. The number of ketones is 1. The highest BCUT2D eigenvalue weighted by atomic mass is 16.5. The lowest BCUT2D eigenvalue weighted by molar-refractivity contribution is -0.140. The molecule has 0 spiro atoms. The first-order valence-electron chi connectivity index (χ1n) is 11.5. The molecule has 0 bridgehead atoms. The van der Waals surface area contributed by atoms with Crippen molar-refractivity contribution in [2.24, 2.45) is 0 Å². The zero-order valence-electron chi connectivity index (χ0n) is 20.1. The van der Waals surface area contributed by atoms with Crippen molar-refractivity contribution in [2.75, 3.05) is 53.6 Å². The summed E-state index contributed by atoms with van der Waals surface area (Å²) in [5, 5.41) is 21.4. The van der Waals surface area contributed by atoms with Crippen LogP contribution in [0.3, 0.4) is 0 Å². The molecule has 1 unspecified atom stereocenters. The van der Waals surface area contributed by atoms with Crippen LogP contribution in [0, 0.1) is 6.92 Å². The van der Waals surface area contributed by atoms with E-state index < -0.39 is 17.7 Å². The number of likely N-dealkylation sites (tertiary alicyclic amines) is 1. The third kappa shape index (κ3) is 4.82. The molecule has 2 aliphatic rings. The second-order valence-electron chi connectivity index (χ2n) is 8.56. The normalized spacial score (nSPS) is 20.3. The molecule has 2 N–H and O–H groups in total. The Hall–Kier alpha value is -3.56. The molecule has 0 aliphatic carbocycles. The van der Waals surface area contributed by atoms with E-state index in [4.69, 9.17) is 14.2 Å². The van der Waals surface area contributed by atoms with Crippen LogP contribution >= 0.6 is 0 Å². The van der Waals surface area contributed by atoms with Gasteiger partial charge in [0.15, 0.2) is 11.5 Å². The number of morpholine rings is 1. The van der Waals surface area contributed by atoms with Gasteiger partial charge in [-0.25, -0.2) is 0 Å². The number of nitrogens with zero attached hydrogens (tertiary/aromatic N) is 2. The second kappa shape index (κ2) is 10.4. The predicted octanol–water partition coefficient (Wildman–Crippen LogP) is 2.47. The summed E-state index contributed by atoms with van der Waals surface area (Å²) in [6.07, 6.45) is 0. The van der Waals surface area contributed by atoms with Gasteiger partial charge >= 0.3 is 0 Å². The molecule has 4 rings (SSSR count). The average Bonchev–Trinajstić information content (AvgIpc) is 3.12. The molecule has 1 amide bonds. The molecule has 0 aromatic heterocycles. The van der Waals surface area contributed by atoms with Crippen LogP contribution < -0.4 is 9.47 Å². The van der Waals surface area contributed by atoms with Gasteiger partial charge in [0.05, 0.1) is 39.0 Å². The molecule has 35 heavy (non-hydrogen) atoms. The topological polar surface area (TPSA) is 109 Å². The minimum atomic E-state index is -0.840. The van der Waals surface area contributed by atoms with Crippen molar-refractivity contribution in [2.45, 2.75) is 13.0 Å². The van der Waals surface area contributed by atoms with Gasteiger partial charge in [0.1, 0.15) is 11.5 Å². The monoisotopic (exact) mass is 482 g/mol. The van der Waals surface area contributed by atoms with Crippen LogP contribution in [0.2, 0.25) is 0 Å². The summed E-state index contributed by atoms with van der Waals surface area (Å²) in [6.45, 7) is 5.40. The quantitative estimate of drug-likeness (QED) is 0.352. The third-order valence-electron chi connectivity index (χ3n) is 6.49. The molecule has 186 valence electrons. The number of methoxy groups -OCH3 is 2. The van der Waals surface area contributed by atoms with E-state index in [1.807, 2.05) is 6.92 Å². The first-order valence-corrected chi connectivity index (χ1v) is 11.5. The Balaban J connectivity index is 1.78. The van der Waals surface area contributed by atoms with Crippen LogP contribution in [0.1, 0.15) is 22.7 Å². The lowest BCUT2D eigenvalue weighted by Gasteiger charge is -2.31. The van der Waals surface area contributed by atoms with Crippen LogP contribution in [-0.2, 0) is 14.3 Å². The number of aliphatic hydroxyl groups is 1. The molecule has 2 saturated heterocycles. The zero-order chi connectivity index (χ0) is 25.1. The molecule has 9 nitrogen and oxygen atoms in total. The lowest BCUT2D eigenvalue weighted by atomic mass is 9.94. The van der Waals surface area contributed by atoms with E-state index in [9.17, 15) is 19.8 Å². The Morgan fingerprint density at radius 1 is 1.03 bits per heavy atom. The maximum atomic E-state index is 13.2. The molecule has 2 aromatic rings. The molecular formula is C26H30N2O7. The van der Waals surface area contributed by atoms with Crippen molar-refractivity contribution in [3.63, 3.8) is 0 Å². The van der Waals surface area contributed by atoms with Crippen LogP contribution in [0.15, 0.2) is 42.0 Å². The zero-order valence-corrected chi connectivity index (χ0v) is 20.1. The molecule has 2 aromatic carbocycles. The molecule has 9 heteroatoms. The van der Waals surface area contributed by atoms with Crippen molar-refractivity contribution in [1.82, 2.24) is 9.80 Å². The highest BCUT2D eigenvalue weighted by molar-refractivity contribution is 6.46. The highest BCUT2D eigenvalue weighted by Crippen LogP contribution is 2.42. The van der Waals surface area contributed by atoms with Gasteiger partial charge in [-0.1, -0.05) is 6.07 Å². The van der Waals surface area contributed by atoms with Crippen LogP contribution in [0.4, 0.5) is 0 Å². The minimum Gasteiger partial charge on any atom is -0.507 e. The van der Waals surface area contributed by atoms with Crippen molar-refractivity contribution >= 4 is 17.4 Å². The van der Waals surface area contributed by atoms with Crippen molar-refractivity contribution < 1.29 is 34.0 Å².